The van der Waals surface area contributed by atoms with Crippen LogP contribution in [0.3, 0.4) is 0 Å². The summed E-state index contributed by atoms with van der Waals surface area (Å²) in [5.41, 5.74) is 4.37. The Labute approximate surface area is 201 Å². The van der Waals surface area contributed by atoms with E-state index in [1.165, 1.54) is 5.56 Å². The monoisotopic (exact) mass is 457 g/mol. The van der Waals surface area contributed by atoms with Gasteiger partial charge in [-0.3, -0.25) is 19.4 Å². The highest BCUT2D eigenvalue weighted by Crippen LogP contribution is 2.16. The second-order valence-electron chi connectivity index (χ2n) is 8.70. The summed E-state index contributed by atoms with van der Waals surface area (Å²) < 4.78 is 5.31. The molecule has 6 heteroatoms. The Balaban J connectivity index is 1.29. The molecule has 1 N–H and O–H groups in total. The van der Waals surface area contributed by atoms with Crippen molar-refractivity contribution in [1.82, 2.24) is 9.80 Å². The second-order valence-corrected chi connectivity index (χ2v) is 8.70. The first kappa shape index (κ1) is 23.8. The third-order valence-electron chi connectivity index (χ3n) is 5.87. The maximum absolute atomic E-state index is 12.9. The van der Waals surface area contributed by atoms with Crippen molar-refractivity contribution >= 4 is 17.4 Å². The molecule has 176 valence electrons. The standard InChI is InChI=1S/C28H31N3O3/c1-30(19-22-5-3-2-4-6-22)20-23-7-9-24(10-8-23)28(33)25-11-13-26(14-12-25)29-27(32)21-31-15-17-34-18-16-31/h2-14H,15-21H2,1H3,(H,29,32). The lowest BCUT2D eigenvalue weighted by atomic mass is 10.0. The van der Waals surface area contributed by atoms with E-state index < -0.39 is 0 Å². The normalized spacial score (nSPS) is 14.2. The van der Waals surface area contributed by atoms with E-state index in [4.69, 9.17) is 4.74 Å². The highest BCUT2D eigenvalue weighted by atomic mass is 16.5. The van der Waals surface area contributed by atoms with Gasteiger partial charge in [0, 0.05) is 43.0 Å². The molecule has 1 amide bonds. The molecule has 3 aromatic carbocycles. The Hall–Kier alpha value is -3.32. The van der Waals surface area contributed by atoms with Gasteiger partial charge < -0.3 is 10.1 Å². The number of nitrogens with zero attached hydrogens (tertiary/aromatic N) is 2. The minimum absolute atomic E-state index is 0.0321. The molecule has 6 nitrogen and oxygen atoms in total. The Morgan fingerprint density at radius 2 is 1.38 bits per heavy atom. The van der Waals surface area contributed by atoms with Gasteiger partial charge in [0.05, 0.1) is 19.8 Å². The molecule has 4 rings (SSSR count). The smallest absolute Gasteiger partial charge is 0.238 e. The van der Waals surface area contributed by atoms with Crippen LogP contribution in [0.25, 0.3) is 0 Å². The largest absolute Gasteiger partial charge is 0.379 e. The molecule has 0 unspecified atom stereocenters. The topological polar surface area (TPSA) is 61.9 Å². The third kappa shape index (κ3) is 6.84. The lowest BCUT2D eigenvalue weighted by Crippen LogP contribution is -2.41. The number of ether oxygens (including phenoxy) is 1. The number of hydrogen-bond acceptors (Lipinski definition) is 5. The van der Waals surface area contributed by atoms with Crippen LogP contribution in [-0.2, 0) is 22.6 Å². The van der Waals surface area contributed by atoms with Gasteiger partial charge in [0.15, 0.2) is 5.78 Å². The first-order valence-corrected chi connectivity index (χ1v) is 11.6. The van der Waals surface area contributed by atoms with Crippen LogP contribution < -0.4 is 5.32 Å². The molecule has 1 fully saturated rings. The zero-order chi connectivity index (χ0) is 23.8. The summed E-state index contributed by atoms with van der Waals surface area (Å²) in [6.45, 7) is 4.88. The molecular weight excluding hydrogens is 426 g/mol. The molecule has 1 heterocycles. The fourth-order valence-corrected chi connectivity index (χ4v) is 4.06. The van der Waals surface area contributed by atoms with Crippen LogP contribution in [0, 0.1) is 0 Å². The van der Waals surface area contributed by atoms with Gasteiger partial charge in [-0.2, -0.15) is 0 Å². The molecule has 0 bridgehead atoms. The van der Waals surface area contributed by atoms with Gasteiger partial charge in [0.25, 0.3) is 0 Å². The van der Waals surface area contributed by atoms with E-state index in [-0.39, 0.29) is 11.7 Å². The van der Waals surface area contributed by atoms with Gasteiger partial charge in [-0.1, -0.05) is 54.6 Å². The van der Waals surface area contributed by atoms with E-state index in [0.29, 0.717) is 36.6 Å². The average Bonchev–Trinajstić information content (AvgIpc) is 2.86. The SMILES string of the molecule is CN(Cc1ccccc1)Cc1ccc(C(=O)c2ccc(NC(=O)CN3CCOCC3)cc2)cc1. The number of hydrogen-bond donors (Lipinski definition) is 1. The number of ketones is 1. The van der Waals surface area contributed by atoms with Crippen LogP contribution in [-0.4, -0.2) is 61.4 Å². The molecule has 0 spiro atoms. The number of nitrogens with one attached hydrogen (secondary N) is 1. The van der Waals surface area contributed by atoms with Crippen LogP contribution in [0.5, 0.6) is 0 Å². The van der Waals surface area contributed by atoms with Crippen LogP contribution >= 0.6 is 0 Å². The lowest BCUT2D eigenvalue weighted by molar-refractivity contribution is -0.118. The van der Waals surface area contributed by atoms with Crippen molar-refractivity contribution in [1.29, 1.82) is 0 Å². The van der Waals surface area contributed by atoms with Gasteiger partial charge >= 0.3 is 0 Å². The summed E-state index contributed by atoms with van der Waals surface area (Å²) >= 11 is 0. The number of morpholine rings is 1. The number of rotatable bonds is 9. The van der Waals surface area contributed by atoms with Gasteiger partial charge in [-0.05, 0) is 42.4 Å². The van der Waals surface area contributed by atoms with Crippen molar-refractivity contribution in [2.24, 2.45) is 0 Å². The number of carbonyl (C=O) groups excluding carboxylic acids is 2. The Bertz CT molecular complexity index is 1080. The molecule has 3 aromatic rings. The summed E-state index contributed by atoms with van der Waals surface area (Å²) in [7, 11) is 2.09. The molecule has 34 heavy (non-hydrogen) atoms. The summed E-state index contributed by atoms with van der Waals surface area (Å²) in [5, 5.41) is 2.90. The first-order chi connectivity index (χ1) is 16.6. The van der Waals surface area contributed by atoms with E-state index >= 15 is 0 Å². The fraction of sp³-hybridized carbons (Fsp3) is 0.286. The quantitative estimate of drug-likeness (QED) is 0.495. The van der Waals surface area contributed by atoms with Crippen molar-refractivity contribution in [3.05, 3.63) is 101 Å². The number of anilines is 1. The van der Waals surface area contributed by atoms with Gasteiger partial charge in [0.1, 0.15) is 0 Å². The molecule has 0 aromatic heterocycles. The van der Waals surface area contributed by atoms with E-state index in [9.17, 15) is 9.59 Å². The van der Waals surface area contributed by atoms with Crippen molar-refractivity contribution in [2.45, 2.75) is 13.1 Å². The van der Waals surface area contributed by atoms with E-state index in [1.54, 1.807) is 24.3 Å². The summed E-state index contributed by atoms with van der Waals surface area (Å²) in [5.74, 6) is -0.0934. The molecular formula is C28H31N3O3. The summed E-state index contributed by atoms with van der Waals surface area (Å²) in [4.78, 5) is 29.5. The van der Waals surface area contributed by atoms with Crippen LogP contribution in [0.4, 0.5) is 5.69 Å². The third-order valence-corrected chi connectivity index (χ3v) is 5.87. The molecule has 1 aliphatic rings. The number of benzene rings is 3. The van der Waals surface area contributed by atoms with Crippen LogP contribution in [0.1, 0.15) is 27.0 Å². The molecule has 0 atom stereocenters. The zero-order valence-electron chi connectivity index (χ0n) is 19.6. The fourth-order valence-electron chi connectivity index (χ4n) is 4.06. The van der Waals surface area contributed by atoms with Crippen molar-refractivity contribution in [3.8, 4) is 0 Å². The maximum Gasteiger partial charge on any atom is 0.238 e. The Morgan fingerprint density at radius 3 is 2.00 bits per heavy atom. The van der Waals surface area contributed by atoms with Gasteiger partial charge in [-0.25, -0.2) is 0 Å². The van der Waals surface area contributed by atoms with Crippen molar-refractivity contribution < 1.29 is 14.3 Å². The Kier molecular flexibility index (Phi) is 8.20. The second kappa shape index (κ2) is 11.7. The zero-order valence-corrected chi connectivity index (χ0v) is 19.6. The summed E-state index contributed by atoms with van der Waals surface area (Å²) in [6, 6.07) is 25.2. The maximum atomic E-state index is 12.9. The highest BCUT2D eigenvalue weighted by Gasteiger charge is 2.15. The minimum atomic E-state index is -0.0613. The van der Waals surface area contributed by atoms with Gasteiger partial charge in [0.2, 0.25) is 5.91 Å². The molecule has 0 saturated carbocycles. The van der Waals surface area contributed by atoms with Crippen LogP contribution in [0.15, 0.2) is 78.9 Å². The number of amides is 1. The number of carbonyl (C=O) groups is 2. The highest BCUT2D eigenvalue weighted by molar-refractivity contribution is 6.09. The lowest BCUT2D eigenvalue weighted by Gasteiger charge is -2.25. The van der Waals surface area contributed by atoms with Crippen LogP contribution in [0.2, 0.25) is 0 Å². The van der Waals surface area contributed by atoms with E-state index in [2.05, 4.69) is 46.4 Å². The molecule has 1 saturated heterocycles. The minimum Gasteiger partial charge on any atom is -0.379 e. The van der Waals surface area contributed by atoms with Gasteiger partial charge in [-0.15, -0.1) is 0 Å². The van der Waals surface area contributed by atoms with Crippen molar-refractivity contribution in [2.75, 3.05) is 45.2 Å². The Morgan fingerprint density at radius 1 is 0.824 bits per heavy atom. The molecule has 0 radical (unpaired) electrons. The first-order valence-electron chi connectivity index (χ1n) is 11.6. The average molecular weight is 458 g/mol. The molecule has 0 aliphatic carbocycles. The van der Waals surface area contributed by atoms with E-state index in [0.717, 1.165) is 31.7 Å². The molecule has 1 aliphatic heterocycles. The summed E-state index contributed by atoms with van der Waals surface area (Å²) in [6.07, 6.45) is 0. The van der Waals surface area contributed by atoms with Crippen molar-refractivity contribution in [3.63, 3.8) is 0 Å². The predicted octanol–water partition coefficient (Wildman–Crippen LogP) is 3.82. The predicted molar refractivity (Wildman–Crippen MR) is 134 cm³/mol. The van der Waals surface area contributed by atoms with E-state index in [1.807, 2.05) is 30.3 Å².